The third-order valence-corrected chi connectivity index (χ3v) is 6.13. The Labute approximate surface area is 162 Å². The third-order valence-electron chi connectivity index (χ3n) is 3.91. The molecule has 1 heterocycles. The topological polar surface area (TPSA) is 72.7 Å². The average molecular weight is 420 g/mol. The summed E-state index contributed by atoms with van der Waals surface area (Å²) in [7, 11) is 0. The van der Waals surface area contributed by atoms with Crippen molar-refractivity contribution in [1.29, 1.82) is 0 Å². The van der Waals surface area contributed by atoms with E-state index in [2.05, 4.69) is 20.8 Å². The number of hydrogen-bond acceptors (Lipinski definition) is 6. The zero-order valence-electron chi connectivity index (χ0n) is 13.6. The van der Waals surface area contributed by atoms with Crippen LogP contribution in [-0.4, -0.2) is 37.6 Å². The number of carbonyl (C=O) groups excluding carboxylic acids is 1. The van der Waals surface area contributed by atoms with Gasteiger partial charge in [-0.25, -0.2) is 4.68 Å². The van der Waals surface area contributed by atoms with Gasteiger partial charge < -0.3 is 5.32 Å². The molecule has 0 atom stereocenters. The van der Waals surface area contributed by atoms with Gasteiger partial charge in [0, 0.05) is 0 Å². The predicted octanol–water partition coefficient (Wildman–Crippen LogP) is 4.49. The Bertz CT molecular complexity index is 770. The van der Waals surface area contributed by atoms with Crippen LogP contribution < -0.4 is 5.32 Å². The molecule has 6 nitrogen and oxygen atoms in total. The molecule has 1 fully saturated rings. The number of tetrazole rings is 1. The largest absolute Gasteiger partial charge is 0.324 e. The first-order valence-corrected chi connectivity index (χ1v) is 10.2. The van der Waals surface area contributed by atoms with E-state index in [1.54, 1.807) is 16.8 Å². The molecular weight excluding hydrogens is 404 g/mol. The number of hydrogen-bond donors (Lipinski definition) is 1. The molecule has 1 saturated carbocycles. The number of benzene rings is 1. The molecule has 0 spiro atoms. The molecule has 11 heteroatoms. The van der Waals surface area contributed by atoms with Gasteiger partial charge in [0.2, 0.25) is 11.1 Å². The first kappa shape index (κ1) is 19.4. The van der Waals surface area contributed by atoms with E-state index in [1.807, 2.05) is 0 Å². The summed E-state index contributed by atoms with van der Waals surface area (Å²) < 4.78 is 27.2. The fraction of sp³-hybridized carbons (Fsp3) is 0.467. The van der Waals surface area contributed by atoms with E-state index in [0.717, 1.165) is 25.7 Å². The van der Waals surface area contributed by atoms with Gasteiger partial charge in [0.25, 0.3) is 5.76 Å². The molecule has 140 valence electrons. The molecule has 0 saturated heterocycles. The van der Waals surface area contributed by atoms with Gasteiger partial charge in [-0.3, -0.25) is 4.79 Å². The van der Waals surface area contributed by atoms with Crippen molar-refractivity contribution in [2.75, 3.05) is 11.1 Å². The van der Waals surface area contributed by atoms with Crippen molar-refractivity contribution in [3.8, 4) is 0 Å². The van der Waals surface area contributed by atoms with E-state index in [4.69, 9.17) is 11.6 Å². The van der Waals surface area contributed by atoms with Crippen LogP contribution >= 0.6 is 35.1 Å². The summed E-state index contributed by atoms with van der Waals surface area (Å²) in [6.07, 6.45) is 4.35. The molecular formula is C15H16ClF2N5OS2. The lowest BCUT2D eigenvalue weighted by atomic mass is 10.3. The summed E-state index contributed by atoms with van der Waals surface area (Å²) in [5.41, 5.74) is 0.267. The van der Waals surface area contributed by atoms with Crippen molar-refractivity contribution in [2.24, 2.45) is 0 Å². The highest BCUT2D eigenvalue weighted by Crippen LogP contribution is 2.37. The SMILES string of the molecule is O=C(CSc1nnnn1C1CCCC1)Nc1cccc(Cl)c1SC(F)F. The normalized spacial score (nSPS) is 14.9. The van der Waals surface area contributed by atoms with Crippen LogP contribution in [0.15, 0.2) is 28.3 Å². The van der Waals surface area contributed by atoms with Gasteiger partial charge in [0.05, 0.1) is 27.4 Å². The molecule has 1 aliphatic rings. The smallest absolute Gasteiger partial charge is 0.289 e. The number of nitrogens with one attached hydrogen (secondary N) is 1. The van der Waals surface area contributed by atoms with Gasteiger partial charge in [0.1, 0.15) is 0 Å². The van der Waals surface area contributed by atoms with E-state index >= 15 is 0 Å². The Balaban J connectivity index is 1.62. The van der Waals surface area contributed by atoms with E-state index in [0.29, 0.717) is 16.9 Å². The molecule has 0 radical (unpaired) electrons. The highest BCUT2D eigenvalue weighted by molar-refractivity contribution is 8.00. The molecule has 0 aliphatic heterocycles. The van der Waals surface area contributed by atoms with Gasteiger partial charge in [-0.2, -0.15) is 8.78 Å². The average Bonchev–Trinajstić information content (AvgIpc) is 3.26. The summed E-state index contributed by atoms with van der Waals surface area (Å²) >= 11 is 7.49. The minimum absolute atomic E-state index is 0.0678. The second-order valence-corrected chi connectivity index (χ2v) is 8.03. The first-order valence-electron chi connectivity index (χ1n) is 7.98. The molecule has 1 aromatic heterocycles. The Morgan fingerprint density at radius 3 is 2.88 bits per heavy atom. The van der Waals surface area contributed by atoms with Crippen molar-refractivity contribution in [3.63, 3.8) is 0 Å². The Morgan fingerprint density at radius 1 is 1.38 bits per heavy atom. The Morgan fingerprint density at radius 2 is 2.15 bits per heavy atom. The molecule has 0 bridgehead atoms. The fourth-order valence-corrected chi connectivity index (χ4v) is 4.45. The maximum atomic E-state index is 12.7. The number of aromatic nitrogens is 4. The number of alkyl halides is 2. The molecule has 1 amide bonds. The summed E-state index contributed by atoms with van der Waals surface area (Å²) in [4.78, 5) is 12.4. The van der Waals surface area contributed by atoms with E-state index in [1.165, 1.54) is 17.8 Å². The van der Waals surface area contributed by atoms with Gasteiger partial charge in [0.15, 0.2) is 0 Å². The van der Waals surface area contributed by atoms with Crippen molar-refractivity contribution >= 4 is 46.7 Å². The second-order valence-electron chi connectivity index (χ2n) is 5.68. The van der Waals surface area contributed by atoms with Gasteiger partial charge in [-0.05, 0) is 35.4 Å². The lowest BCUT2D eigenvalue weighted by Gasteiger charge is -2.12. The van der Waals surface area contributed by atoms with Gasteiger partial charge in [-0.15, -0.1) is 5.10 Å². The summed E-state index contributed by atoms with van der Waals surface area (Å²) in [5, 5.41) is 15.1. The molecule has 0 unspecified atom stereocenters. The number of halogens is 3. The van der Waals surface area contributed by atoms with Gasteiger partial charge >= 0.3 is 0 Å². The number of carbonyl (C=O) groups is 1. The number of amides is 1. The van der Waals surface area contributed by atoms with Crippen molar-refractivity contribution in [2.45, 2.75) is 47.5 Å². The van der Waals surface area contributed by atoms with Crippen LogP contribution in [0, 0.1) is 0 Å². The zero-order valence-corrected chi connectivity index (χ0v) is 16.0. The number of anilines is 1. The van der Waals surface area contributed by atoms with Crippen LogP contribution in [0.2, 0.25) is 5.02 Å². The quantitative estimate of drug-likeness (QED) is 0.667. The fourth-order valence-electron chi connectivity index (χ4n) is 2.79. The lowest BCUT2D eigenvalue weighted by Crippen LogP contribution is -2.16. The van der Waals surface area contributed by atoms with Crippen LogP contribution in [-0.2, 0) is 4.79 Å². The maximum Gasteiger partial charge on any atom is 0.289 e. The van der Waals surface area contributed by atoms with E-state index in [-0.39, 0.29) is 33.3 Å². The van der Waals surface area contributed by atoms with Gasteiger partial charge in [-0.1, -0.05) is 54.0 Å². The van der Waals surface area contributed by atoms with E-state index in [9.17, 15) is 13.6 Å². The van der Waals surface area contributed by atoms with E-state index < -0.39 is 5.76 Å². The molecule has 26 heavy (non-hydrogen) atoms. The van der Waals surface area contributed by atoms with Crippen molar-refractivity contribution in [3.05, 3.63) is 23.2 Å². The highest BCUT2D eigenvalue weighted by Gasteiger charge is 2.22. The molecule has 3 rings (SSSR count). The lowest BCUT2D eigenvalue weighted by molar-refractivity contribution is -0.113. The highest BCUT2D eigenvalue weighted by atomic mass is 35.5. The molecule has 1 aromatic carbocycles. The molecule has 1 N–H and O–H groups in total. The molecule has 1 aliphatic carbocycles. The minimum atomic E-state index is -2.63. The Kier molecular flexibility index (Phi) is 6.71. The summed E-state index contributed by atoms with van der Waals surface area (Å²) in [6, 6.07) is 4.92. The predicted molar refractivity (Wildman–Crippen MR) is 98.0 cm³/mol. The van der Waals surface area contributed by atoms with Crippen molar-refractivity contribution < 1.29 is 13.6 Å². The number of thioether (sulfide) groups is 2. The summed E-state index contributed by atoms with van der Waals surface area (Å²) in [6.45, 7) is 0. The zero-order chi connectivity index (χ0) is 18.5. The number of rotatable bonds is 7. The van der Waals surface area contributed by atoms with Crippen LogP contribution in [0.3, 0.4) is 0 Å². The summed E-state index contributed by atoms with van der Waals surface area (Å²) in [5.74, 6) is -2.90. The van der Waals surface area contributed by atoms with Crippen molar-refractivity contribution in [1.82, 2.24) is 20.2 Å². The number of nitrogens with zero attached hydrogens (tertiary/aromatic N) is 4. The first-order chi connectivity index (χ1) is 12.5. The van der Waals surface area contributed by atoms with Crippen LogP contribution in [0.4, 0.5) is 14.5 Å². The third kappa shape index (κ3) is 4.86. The van der Waals surface area contributed by atoms with Crippen LogP contribution in [0.5, 0.6) is 0 Å². The maximum absolute atomic E-state index is 12.7. The Hall–Kier alpha value is -1.39. The standard InChI is InChI=1S/C15H16ClF2N5OS2/c16-10-6-3-7-11(13(10)26-14(17)18)19-12(24)8-25-15-20-21-22-23(15)9-4-1-2-5-9/h3,6-7,9,14H,1-2,4-5,8H2,(H,19,24). The second kappa shape index (κ2) is 9.01. The monoisotopic (exact) mass is 419 g/mol. The minimum Gasteiger partial charge on any atom is -0.324 e. The molecule has 2 aromatic rings. The van der Waals surface area contributed by atoms with Crippen LogP contribution in [0.1, 0.15) is 31.7 Å². The van der Waals surface area contributed by atoms with Crippen LogP contribution in [0.25, 0.3) is 0 Å².